The molecule has 5 nitrogen and oxygen atoms in total. The number of hydrogen-bond donors (Lipinski definition) is 1. The molecular formula is C15H19F2N3O2S. The van der Waals surface area contributed by atoms with Crippen LogP contribution in [0.4, 0.5) is 8.78 Å². The quantitative estimate of drug-likeness (QED) is 0.840. The minimum atomic E-state index is -2.89. The van der Waals surface area contributed by atoms with Crippen molar-refractivity contribution in [3.05, 3.63) is 39.8 Å². The van der Waals surface area contributed by atoms with Crippen LogP contribution in [0.1, 0.15) is 40.1 Å². The average molecular weight is 343 g/mol. The van der Waals surface area contributed by atoms with Crippen molar-refractivity contribution in [1.29, 1.82) is 0 Å². The molecule has 0 fully saturated rings. The Hall–Kier alpha value is -1.80. The minimum absolute atomic E-state index is 0.180. The van der Waals surface area contributed by atoms with Gasteiger partial charge in [0.15, 0.2) is 0 Å². The Morgan fingerprint density at radius 2 is 2.17 bits per heavy atom. The van der Waals surface area contributed by atoms with E-state index in [0.29, 0.717) is 11.1 Å². The lowest BCUT2D eigenvalue weighted by molar-refractivity contribution is 0.0394. The van der Waals surface area contributed by atoms with Gasteiger partial charge in [-0.15, -0.1) is 11.3 Å². The van der Waals surface area contributed by atoms with Crippen molar-refractivity contribution in [2.24, 2.45) is 0 Å². The van der Waals surface area contributed by atoms with Crippen LogP contribution in [-0.2, 0) is 6.54 Å². The molecule has 2 heterocycles. The zero-order valence-corrected chi connectivity index (χ0v) is 13.8. The molecule has 0 unspecified atom stereocenters. The highest BCUT2D eigenvalue weighted by molar-refractivity contribution is 7.11. The van der Waals surface area contributed by atoms with E-state index in [0.717, 1.165) is 9.75 Å². The maximum absolute atomic E-state index is 13.0. The Morgan fingerprint density at radius 3 is 2.70 bits per heavy atom. The fourth-order valence-electron chi connectivity index (χ4n) is 2.34. The molecule has 0 aliphatic carbocycles. The zero-order valence-electron chi connectivity index (χ0n) is 12.9. The van der Waals surface area contributed by atoms with Crippen molar-refractivity contribution < 1.29 is 18.7 Å². The van der Waals surface area contributed by atoms with Crippen molar-refractivity contribution in [3.8, 4) is 0 Å². The summed E-state index contributed by atoms with van der Waals surface area (Å²) >= 11 is 1.53. The van der Waals surface area contributed by atoms with Crippen LogP contribution < -0.4 is 0 Å². The predicted molar refractivity (Wildman–Crippen MR) is 83.6 cm³/mol. The number of nitrogens with zero attached hydrogens (tertiary/aromatic N) is 3. The Labute approximate surface area is 137 Å². The maximum atomic E-state index is 13.0. The highest BCUT2D eigenvalue weighted by Gasteiger charge is 2.28. The molecule has 1 amide bonds. The first kappa shape index (κ1) is 17.6. The minimum Gasteiger partial charge on any atom is -0.394 e. The van der Waals surface area contributed by atoms with Crippen molar-refractivity contribution in [2.75, 3.05) is 6.61 Å². The molecule has 2 rings (SSSR count). The molecule has 1 atom stereocenters. The molecule has 1 N–H and O–H groups in total. The molecule has 0 aliphatic heterocycles. The van der Waals surface area contributed by atoms with E-state index in [1.807, 2.05) is 26.0 Å². The Bertz CT molecular complexity index is 653. The van der Waals surface area contributed by atoms with E-state index < -0.39 is 18.5 Å². The number of carbonyl (C=O) groups excluding carboxylic acids is 1. The smallest absolute Gasteiger partial charge is 0.333 e. The van der Waals surface area contributed by atoms with E-state index in [4.69, 9.17) is 0 Å². The van der Waals surface area contributed by atoms with E-state index in [1.54, 1.807) is 0 Å². The van der Waals surface area contributed by atoms with Gasteiger partial charge < -0.3 is 10.0 Å². The number of halogens is 2. The highest BCUT2D eigenvalue weighted by Crippen LogP contribution is 2.22. The molecule has 8 heteroatoms. The molecule has 0 aromatic carbocycles. The first-order valence-corrected chi connectivity index (χ1v) is 8.08. The highest BCUT2D eigenvalue weighted by atomic mass is 32.1. The first-order valence-electron chi connectivity index (χ1n) is 7.26. The standard InChI is InChI=1S/C15H19F2N3O2S/c1-3-11(9-21)19(8-12-5-4-10(2)23-12)14(22)13-6-7-18-20(13)15(16)17/h4-7,11,15,21H,3,8-9H2,1-2H3/t11-/m0/s1. The maximum Gasteiger partial charge on any atom is 0.333 e. The number of carbonyl (C=O) groups is 1. The second-order valence-electron chi connectivity index (χ2n) is 5.13. The summed E-state index contributed by atoms with van der Waals surface area (Å²) in [5, 5.41) is 13.0. The molecule has 126 valence electrons. The Morgan fingerprint density at radius 1 is 1.43 bits per heavy atom. The average Bonchev–Trinajstić information content (AvgIpc) is 3.15. The van der Waals surface area contributed by atoms with Crippen LogP contribution in [0.15, 0.2) is 24.4 Å². The number of aromatic nitrogens is 2. The van der Waals surface area contributed by atoms with Gasteiger partial charge in [-0.25, -0.2) is 0 Å². The van der Waals surface area contributed by atoms with Crippen molar-refractivity contribution >= 4 is 17.2 Å². The summed E-state index contributed by atoms with van der Waals surface area (Å²) in [6.07, 6.45) is 1.70. The third-order valence-corrected chi connectivity index (χ3v) is 4.57. The van der Waals surface area contributed by atoms with E-state index in [-0.39, 0.29) is 18.8 Å². The fourth-order valence-corrected chi connectivity index (χ4v) is 3.23. The predicted octanol–water partition coefficient (Wildman–Crippen LogP) is 3.06. The van der Waals surface area contributed by atoms with Crippen LogP contribution in [0.25, 0.3) is 0 Å². The lowest BCUT2D eigenvalue weighted by Gasteiger charge is -2.29. The van der Waals surface area contributed by atoms with E-state index in [9.17, 15) is 18.7 Å². The summed E-state index contributed by atoms with van der Waals surface area (Å²) in [6, 6.07) is 4.66. The van der Waals surface area contributed by atoms with Gasteiger partial charge in [-0.05, 0) is 31.5 Å². The molecule has 0 saturated carbocycles. The van der Waals surface area contributed by atoms with E-state index >= 15 is 0 Å². The summed E-state index contributed by atoms with van der Waals surface area (Å²) in [5.74, 6) is -0.560. The molecule has 2 aromatic heterocycles. The van der Waals surface area contributed by atoms with Gasteiger partial charge in [0.1, 0.15) is 5.69 Å². The fraction of sp³-hybridized carbons (Fsp3) is 0.467. The SMILES string of the molecule is CC[C@@H](CO)N(Cc1ccc(C)s1)C(=O)c1ccnn1C(F)F. The summed E-state index contributed by atoms with van der Waals surface area (Å²) in [7, 11) is 0. The lowest BCUT2D eigenvalue weighted by atomic mass is 10.1. The number of alkyl halides is 2. The summed E-state index contributed by atoms with van der Waals surface area (Å²) in [4.78, 5) is 16.2. The first-order chi connectivity index (χ1) is 11.0. The third-order valence-electron chi connectivity index (χ3n) is 3.58. The number of amides is 1. The molecule has 0 saturated heterocycles. The molecule has 23 heavy (non-hydrogen) atoms. The number of aliphatic hydroxyl groups is 1. The number of aryl methyl sites for hydroxylation is 1. The van der Waals surface area contributed by atoms with Crippen LogP contribution in [0.2, 0.25) is 0 Å². The topological polar surface area (TPSA) is 58.4 Å². The molecule has 0 bridgehead atoms. The lowest BCUT2D eigenvalue weighted by Crippen LogP contribution is -2.42. The van der Waals surface area contributed by atoms with Gasteiger partial charge in [-0.1, -0.05) is 6.92 Å². The van der Waals surface area contributed by atoms with Gasteiger partial charge >= 0.3 is 6.55 Å². The normalized spacial score (nSPS) is 12.6. The van der Waals surface area contributed by atoms with Gasteiger partial charge in [0, 0.05) is 16.0 Å². The number of rotatable bonds is 7. The number of aliphatic hydroxyl groups excluding tert-OH is 1. The van der Waals surface area contributed by atoms with Crippen LogP contribution in [0.5, 0.6) is 0 Å². The van der Waals surface area contributed by atoms with E-state index in [2.05, 4.69) is 5.10 Å². The van der Waals surface area contributed by atoms with Gasteiger partial charge in [-0.3, -0.25) is 4.79 Å². The largest absolute Gasteiger partial charge is 0.394 e. The van der Waals surface area contributed by atoms with Gasteiger partial charge in [-0.2, -0.15) is 18.6 Å². The van der Waals surface area contributed by atoms with Gasteiger partial charge in [0.25, 0.3) is 5.91 Å². The van der Waals surface area contributed by atoms with Crippen LogP contribution in [0.3, 0.4) is 0 Å². The zero-order chi connectivity index (χ0) is 17.0. The molecular weight excluding hydrogens is 324 g/mol. The summed E-state index contributed by atoms with van der Waals surface area (Å²) in [5.41, 5.74) is -0.180. The van der Waals surface area contributed by atoms with Crippen molar-refractivity contribution in [2.45, 2.75) is 39.4 Å². The Balaban J connectivity index is 2.32. The second kappa shape index (κ2) is 7.65. The molecule has 0 spiro atoms. The van der Waals surface area contributed by atoms with Gasteiger partial charge in [0.05, 0.1) is 19.2 Å². The second-order valence-corrected chi connectivity index (χ2v) is 6.50. The molecule has 2 aromatic rings. The number of hydrogen-bond acceptors (Lipinski definition) is 4. The monoisotopic (exact) mass is 343 g/mol. The molecule has 0 aliphatic rings. The number of thiophene rings is 1. The third kappa shape index (κ3) is 3.94. The van der Waals surface area contributed by atoms with Crippen LogP contribution in [-0.4, -0.2) is 38.3 Å². The Kier molecular flexibility index (Phi) is 5.84. The van der Waals surface area contributed by atoms with Crippen LogP contribution in [0, 0.1) is 6.92 Å². The molecule has 0 radical (unpaired) electrons. The summed E-state index contributed by atoms with van der Waals surface area (Å²) < 4.78 is 26.3. The van der Waals surface area contributed by atoms with Gasteiger partial charge in [0.2, 0.25) is 0 Å². The summed E-state index contributed by atoms with van der Waals surface area (Å²) in [6.45, 7) is 0.949. The van der Waals surface area contributed by atoms with Crippen LogP contribution >= 0.6 is 11.3 Å². The van der Waals surface area contributed by atoms with Crippen molar-refractivity contribution in [1.82, 2.24) is 14.7 Å². The van der Waals surface area contributed by atoms with E-state index in [1.165, 1.54) is 28.5 Å². The van der Waals surface area contributed by atoms with Crippen molar-refractivity contribution in [3.63, 3.8) is 0 Å².